The van der Waals surface area contributed by atoms with E-state index in [9.17, 15) is 33.6 Å². The van der Waals surface area contributed by atoms with Crippen molar-refractivity contribution in [2.45, 2.75) is 122 Å². The fraction of sp³-hybridized carbons (Fsp3) is 0.600. The highest BCUT2D eigenvalue weighted by atomic mass is 16.2. The van der Waals surface area contributed by atoms with E-state index in [0.717, 1.165) is 5.56 Å². The van der Waals surface area contributed by atoms with Gasteiger partial charge in [-0.1, -0.05) is 50.6 Å². The summed E-state index contributed by atoms with van der Waals surface area (Å²) in [6.07, 6.45) is 2.32. The maximum atomic E-state index is 13.8. The lowest BCUT2D eigenvalue weighted by Crippen LogP contribution is -2.58. The number of ketones is 2. The molecule has 270 valence electrons. The van der Waals surface area contributed by atoms with Crippen LogP contribution in [0.5, 0.6) is 0 Å². The molecule has 1 aliphatic rings. The molecule has 0 bridgehead atoms. The van der Waals surface area contributed by atoms with Crippen LogP contribution in [0.2, 0.25) is 0 Å². The molecule has 4 atom stereocenters. The largest absolute Gasteiger partial charge is 0.388 e. The van der Waals surface area contributed by atoms with Crippen LogP contribution < -0.4 is 32.3 Å². The average Bonchev–Trinajstić information content (AvgIpc) is 3.02. The lowest BCUT2D eigenvalue weighted by Gasteiger charge is -2.26. The fourth-order valence-electron chi connectivity index (χ4n) is 5.44. The number of Topliss-reactive ketones (excluding diaryl/α,β-unsaturated/α-hetero) is 2. The van der Waals surface area contributed by atoms with Gasteiger partial charge in [-0.2, -0.15) is 0 Å². The first-order valence-corrected chi connectivity index (χ1v) is 17.1. The van der Waals surface area contributed by atoms with Crippen LogP contribution in [0.1, 0.15) is 97.0 Å². The van der Waals surface area contributed by atoms with Gasteiger partial charge in [-0.15, -0.1) is 0 Å². The minimum atomic E-state index is -1.28. The van der Waals surface area contributed by atoms with Gasteiger partial charge in [-0.3, -0.25) is 39.0 Å². The third kappa shape index (κ3) is 16.4. The van der Waals surface area contributed by atoms with E-state index in [-0.39, 0.29) is 62.0 Å². The summed E-state index contributed by atoms with van der Waals surface area (Å²) >= 11 is 0. The Bertz CT molecular complexity index is 1320. The molecule has 14 nitrogen and oxygen atoms in total. The van der Waals surface area contributed by atoms with E-state index in [4.69, 9.17) is 11.1 Å². The van der Waals surface area contributed by atoms with E-state index >= 15 is 0 Å². The maximum absolute atomic E-state index is 13.8. The zero-order valence-corrected chi connectivity index (χ0v) is 28.9. The van der Waals surface area contributed by atoms with Gasteiger partial charge in [0.1, 0.15) is 23.9 Å². The predicted molar refractivity (Wildman–Crippen MR) is 184 cm³/mol. The van der Waals surface area contributed by atoms with Crippen molar-refractivity contribution in [1.82, 2.24) is 26.6 Å². The average molecular weight is 684 g/mol. The molecule has 5 amide bonds. The summed E-state index contributed by atoms with van der Waals surface area (Å²) in [5, 5.41) is 21.1. The van der Waals surface area contributed by atoms with Crippen LogP contribution in [-0.4, -0.2) is 77.7 Å². The SMILES string of the molecule is CC(=O)C[C@@H]1NC(=O)CCC(=O)[C@H](CCCCC(=N)N)NC(=O)[C@H](CCCCNC(=O)CC(C)C)NC(=O)[C@@H](Cc2ccccc2)NC1=O. The van der Waals surface area contributed by atoms with Gasteiger partial charge in [-0.05, 0) is 50.5 Å². The molecule has 2 rings (SSSR count). The fourth-order valence-corrected chi connectivity index (χ4v) is 5.44. The molecular formula is C35H53N7O7. The molecule has 0 saturated carbocycles. The molecule has 14 heteroatoms. The maximum Gasteiger partial charge on any atom is 0.243 e. The van der Waals surface area contributed by atoms with Crippen LogP contribution in [0.15, 0.2) is 30.3 Å². The van der Waals surface area contributed by atoms with E-state index in [1.807, 2.05) is 13.8 Å². The van der Waals surface area contributed by atoms with Gasteiger partial charge >= 0.3 is 0 Å². The highest BCUT2D eigenvalue weighted by molar-refractivity contribution is 5.98. The molecule has 1 saturated heterocycles. The van der Waals surface area contributed by atoms with Crippen molar-refractivity contribution in [3.8, 4) is 0 Å². The quantitative estimate of drug-likeness (QED) is 0.0762. The van der Waals surface area contributed by atoms with Crippen LogP contribution in [0.25, 0.3) is 0 Å². The molecule has 8 N–H and O–H groups in total. The summed E-state index contributed by atoms with van der Waals surface area (Å²) in [4.78, 5) is 91.4. The standard InChI is InChI=1S/C35H53N7O7/c1-22(2)19-32(46)38-18-10-9-14-26-33(47)40-25(13-7-8-15-30(36)37)29(44)16-17-31(45)39-27(20-23(3)43)34(48)42-28(35(49)41-26)21-24-11-5-4-6-12-24/h4-6,11-12,22,25-28H,7-10,13-21H2,1-3H3,(H3,36,37)(H,38,46)(H,39,45)(H,40,47)(H,41,49)(H,42,48)/t25-,26-,27-,28+/m0/s1. The Kier molecular flexibility index (Phi) is 17.7. The Morgan fingerprint density at radius 2 is 1.41 bits per heavy atom. The Labute approximate surface area is 288 Å². The summed E-state index contributed by atoms with van der Waals surface area (Å²) in [5.41, 5.74) is 6.19. The van der Waals surface area contributed by atoms with Crippen molar-refractivity contribution in [2.24, 2.45) is 11.7 Å². The second-order valence-electron chi connectivity index (χ2n) is 13.1. The molecule has 1 heterocycles. The second kappa shape index (κ2) is 21.4. The zero-order valence-electron chi connectivity index (χ0n) is 28.9. The number of amides is 5. The molecule has 1 fully saturated rings. The summed E-state index contributed by atoms with van der Waals surface area (Å²) in [6.45, 7) is 5.56. The lowest BCUT2D eigenvalue weighted by atomic mass is 9.99. The van der Waals surface area contributed by atoms with Crippen LogP contribution >= 0.6 is 0 Å². The Hall–Kier alpha value is -4.62. The molecule has 0 unspecified atom stereocenters. The topological polar surface area (TPSA) is 230 Å². The number of benzene rings is 1. The molecular weight excluding hydrogens is 630 g/mol. The number of nitrogens with two attached hydrogens (primary N) is 1. The van der Waals surface area contributed by atoms with Gasteiger partial charge in [0.2, 0.25) is 29.5 Å². The number of nitrogens with one attached hydrogen (secondary N) is 6. The third-order valence-corrected chi connectivity index (χ3v) is 8.02. The van der Waals surface area contributed by atoms with Crippen molar-refractivity contribution in [3.63, 3.8) is 0 Å². The lowest BCUT2D eigenvalue weighted by molar-refractivity contribution is -0.134. The summed E-state index contributed by atoms with van der Waals surface area (Å²) in [7, 11) is 0. The Morgan fingerprint density at radius 3 is 2.06 bits per heavy atom. The Morgan fingerprint density at radius 1 is 0.816 bits per heavy atom. The zero-order chi connectivity index (χ0) is 36.3. The van der Waals surface area contributed by atoms with Crippen molar-refractivity contribution in [3.05, 3.63) is 35.9 Å². The number of carbonyl (C=O) groups is 7. The van der Waals surface area contributed by atoms with E-state index in [1.165, 1.54) is 6.92 Å². The summed E-state index contributed by atoms with van der Waals surface area (Å²) in [5.74, 6) is -3.26. The van der Waals surface area contributed by atoms with Crippen molar-refractivity contribution >= 4 is 46.9 Å². The molecule has 1 aromatic rings. The van der Waals surface area contributed by atoms with Gasteiger partial charge in [0.25, 0.3) is 0 Å². The summed E-state index contributed by atoms with van der Waals surface area (Å²) < 4.78 is 0. The molecule has 0 aliphatic carbocycles. The molecule has 1 aliphatic heterocycles. The monoisotopic (exact) mass is 683 g/mol. The minimum absolute atomic E-state index is 0.00519. The van der Waals surface area contributed by atoms with E-state index in [1.54, 1.807) is 30.3 Å². The first-order valence-electron chi connectivity index (χ1n) is 17.1. The number of unbranched alkanes of at least 4 members (excludes halogenated alkanes) is 2. The third-order valence-electron chi connectivity index (χ3n) is 8.02. The Balaban J connectivity index is 2.39. The molecule has 0 aromatic heterocycles. The van der Waals surface area contributed by atoms with Crippen LogP contribution in [0.4, 0.5) is 0 Å². The van der Waals surface area contributed by atoms with Gasteiger partial charge in [0, 0.05) is 45.1 Å². The summed E-state index contributed by atoms with van der Waals surface area (Å²) in [6, 6.07) is 4.43. The van der Waals surface area contributed by atoms with E-state index < -0.39 is 53.6 Å². The normalized spacial score (nSPS) is 21.0. The predicted octanol–water partition coefficient (Wildman–Crippen LogP) is 1.34. The van der Waals surface area contributed by atoms with Gasteiger partial charge in [0.15, 0.2) is 5.78 Å². The number of carbonyl (C=O) groups excluding carboxylic acids is 7. The number of hydrogen-bond acceptors (Lipinski definition) is 8. The first kappa shape index (κ1) is 40.6. The first-order chi connectivity index (χ1) is 23.2. The van der Waals surface area contributed by atoms with Gasteiger partial charge in [0.05, 0.1) is 11.9 Å². The second-order valence-corrected chi connectivity index (χ2v) is 13.1. The van der Waals surface area contributed by atoms with Gasteiger partial charge in [-0.25, -0.2) is 0 Å². The van der Waals surface area contributed by atoms with Crippen molar-refractivity contribution < 1.29 is 33.6 Å². The van der Waals surface area contributed by atoms with Crippen LogP contribution in [0, 0.1) is 11.3 Å². The highest BCUT2D eigenvalue weighted by Gasteiger charge is 2.32. The molecule has 0 spiro atoms. The number of rotatable bonds is 16. The molecule has 49 heavy (non-hydrogen) atoms. The van der Waals surface area contributed by atoms with Crippen LogP contribution in [0.3, 0.4) is 0 Å². The highest BCUT2D eigenvalue weighted by Crippen LogP contribution is 2.12. The van der Waals surface area contributed by atoms with E-state index in [0.29, 0.717) is 45.1 Å². The van der Waals surface area contributed by atoms with Crippen molar-refractivity contribution in [1.29, 1.82) is 5.41 Å². The minimum Gasteiger partial charge on any atom is -0.388 e. The molecule has 1 aromatic carbocycles. The number of hydrogen-bond donors (Lipinski definition) is 7. The van der Waals surface area contributed by atoms with E-state index in [2.05, 4.69) is 26.6 Å². The molecule has 0 radical (unpaired) electrons. The van der Waals surface area contributed by atoms with Gasteiger partial charge < -0.3 is 32.3 Å². The van der Waals surface area contributed by atoms with Crippen molar-refractivity contribution in [2.75, 3.05) is 6.54 Å². The smallest absolute Gasteiger partial charge is 0.243 e. The number of amidine groups is 1. The van der Waals surface area contributed by atoms with Crippen LogP contribution in [-0.2, 0) is 40.0 Å².